The summed E-state index contributed by atoms with van der Waals surface area (Å²) in [5, 5.41) is 3.49. The fraction of sp³-hybridized carbons (Fsp3) is 0.571. The second-order valence-electron chi connectivity index (χ2n) is 4.82. The first kappa shape index (κ1) is 10.7. The predicted molar refractivity (Wildman–Crippen MR) is 65.1 cm³/mol. The summed E-state index contributed by atoms with van der Waals surface area (Å²) in [4.78, 5) is 0. The van der Waals surface area contributed by atoms with Crippen molar-refractivity contribution >= 4 is 0 Å². The van der Waals surface area contributed by atoms with Crippen LogP contribution in [-0.2, 0) is 0 Å². The van der Waals surface area contributed by atoms with Gasteiger partial charge in [-0.1, -0.05) is 30.2 Å². The summed E-state index contributed by atoms with van der Waals surface area (Å²) in [6.07, 6.45) is 4.19. The van der Waals surface area contributed by atoms with E-state index in [4.69, 9.17) is 0 Å². The molecule has 0 saturated heterocycles. The fourth-order valence-electron chi connectivity index (χ4n) is 2.51. The minimum absolute atomic E-state index is 0.568. The lowest BCUT2D eigenvalue weighted by molar-refractivity contribution is 0.239. The van der Waals surface area contributed by atoms with Crippen LogP contribution in [0.15, 0.2) is 18.2 Å². The largest absolute Gasteiger partial charge is 0.313 e. The van der Waals surface area contributed by atoms with Crippen molar-refractivity contribution in [1.82, 2.24) is 5.32 Å². The molecule has 1 fully saturated rings. The number of hydrogen-bond donors (Lipinski definition) is 1. The minimum atomic E-state index is 0.568. The van der Waals surface area contributed by atoms with Gasteiger partial charge in [0, 0.05) is 6.04 Å². The van der Waals surface area contributed by atoms with Crippen molar-refractivity contribution in [1.29, 1.82) is 0 Å². The molecule has 1 aromatic carbocycles. The van der Waals surface area contributed by atoms with Gasteiger partial charge in [-0.3, -0.25) is 0 Å². The average molecular weight is 203 g/mol. The second kappa shape index (κ2) is 4.36. The maximum absolute atomic E-state index is 3.49. The molecular weight excluding hydrogens is 182 g/mol. The standard InChI is InChI=1S/C14H21N/c1-10-7-8-11(2)13(9-10)14(15-3)12-5-4-6-12/h7-9,12,14-15H,4-6H2,1-3H3. The lowest BCUT2D eigenvalue weighted by Gasteiger charge is -2.34. The molecule has 0 spiro atoms. The van der Waals surface area contributed by atoms with Crippen LogP contribution in [0, 0.1) is 19.8 Å². The molecule has 15 heavy (non-hydrogen) atoms. The van der Waals surface area contributed by atoms with Gasteiger partial charge in [-0.2, -0.15) is 0 Å². The van der Waals surface area contributed by atoms with Crippen LogP contribution in [0.3, 0.4) is 0 Å². The number of rotatable bonds is 3. The Morgan fingerprint density at radius 2 is 2.00 bits per heavy atom. The number of hydrogen-bond acceptors (Lipinski definition) is 1. The highest BCUT2D eigenvalue weighted by Gasteiger charge is 2.27. The normalized spacial score (nSPS) is 18.6. The molecule has 1 saturated carbocycles. The third kappa shape index (κ3) is 2.07. The van der Waals surface area contributed by atoms with Gasteiger partial charge in [0.05, 0.1) is 0 Å². The molecule has 82 valence electrons. The molecule has 0 aliphatic heterocycles. The Hall–Kier alpha value is -0.820. The van der Waals surface area contributed by atoms with Crippen molar-refractivity contribution in [3.63, 3.8) is 0 Å². The topological polar surface area (TPSA) is 12.0 Å². The van der Waals surface area contributed by atoms with Gasteiger partial charge in [-0.25, -0.2) is 0 Å². The SMILES string of the molecule is CNC(c1cc(C)ccc1C)C1CCC1. The van der Waals surface area contributed by atoms with Crippen LogP contribution in [0.4, 0.5) is 0 Å². The molecule has 1 nitrogen and oxygen atoms in total. The molecular formula is C14H21N. The van der Waals surface area contributed by atoms with E-state index < -0.39 is 0 Å². The van der Waals surface area contributed by atoms with Gasteiger partial charge < -0.3 is 5.32 Å². The summed E-state index contributed by atoms with van der Waals surface area (Å²) in [5.41, 5.74) is 4.30. The zero-order valence-electron chi connectivity index (χ0n) is 10.0. The van der Waals surface area contributed by atoms with Crippen molar-refractivity contribution in [3.05, 3.63) is 34.9 Å². The molecule has 2 rings (SSSR count). The summed E-state index contributed by atoms with van der Waals surface area (Å²) in [6, 6.07) is 7.35. The van der Waals surface area contributed by atoms with E-state index in [9.17, 15) is 0 Å². The van der Waals surface area contributed by atoms with Crippen molar-refractivity contribution < 1.29 is 0 Å². The van der Waals surface area contributed by atoms with E-state index in [0.717, 1.165) is 5.92 Å². The van der Waals surface area contributed by atoms with Gasteiger partial charge in [0.2, 0.25) is 0 Å². The van der Waals surface area contributed by atoms with Gasteiger partial charge >= 0.3 is 0 Å². The number of nitrogens with one attached hydrogen (secondary N) is 1. The third-order valence-electron chi connectivity index (χ3n) is 3.70. The quantitative estimate of drug-likeness (QED) is 0.794. The Kier molecular flexibility index (Phi) is 3.11. The zero-order valence-corrected chi connectivity index (χ0v) is 10.0. The molecule has 1 aliphatic carbocycles. The van der Waals surface area contributed by atoms with Crippen LogP contribution in [0.25, 0.3) is 0 Å². The highest BCUT2D eigenvalue weighted by Crippen LogP contribution is 2.38. The lowest BCUT2D eigenvalue weighted by Crippen LogP contribution is -2.30. The molecule has 0 aromatic heterocycles. The highest BCUT2D eigenvalue weighted by atomic mass is 14.9. The summed E-state index contributed by atoms with van der Waals surface area (Å²) < 4.78 is 0. The molecule has 0 bridgehead atoms. The van der Waals surface area contributed by atoms with Gasteiger partial charge in [-0.05, 0) is 50.8 Å². The molecule has 0 amide bonds. The van der Waals surface area contributed by atoms with Gasteiger partial charge in [0.25, 0.3) is 0 Å². The smallest absolute Gasteiger partial charge is 0.0348 e. The molecule has 0 radical (unpaired) electrons. The second-order valence-corrected chi connectivity index (χ2v) is 4.82. The Bertz CT molecular complexity index is 339. The summed E-state index contributed by atoms with van der Waals surface area (Å²) >= 11 is 0. The van der Waals surface area contributed by atoms with Gasteiger partial charge in [0.1, 0.15) is 0 Å². The van der Waals surface area contributed by atoms with E-state index >= 15 is 0 Å². The van der Waals surface area contributed by atoms with E-state index in [1.807, 2.05) is 0 Å². The highest BCUT2D eigenvalue weighted by molar-refractivity contribution is 5.33. The van der Waals surface area contributed by atoms with Crippen molar-refractivity contribution in [3.8, 4) is 0 Å². The minimum Gasteiger partial charge on any atom is -0.313 e. The van der Waals surface area contributed by atoms with Gasteiger partial charge in [0.15, 0.2) is 0 Å². The molecule has 1 N–H and O–H groups in total. The van der Waals surface area contributed by atoms with Crippen molar-refractivity contribution in [2.45, 2.75) is 39.2 Å². The van der Waals surface area contributed by atoms with Crippen LogP contribution in [0.5, 0.6) is 0 Å². The van der Waals surface area contributed by atoms with E-state index in [1.165, 1.54) is 36.0 Å². The van der Waals surface area contributed by atoms with E-state index in [-0.39, 0.29) is 0 Å². The molecule has 1 heteroatoms. The first-order valence-electron chi connectivity index (χ1n) is 5.97. The molecule has 1 atom stereocenters. The monoisotopic (exact) mass is 203 g/mol. The van der Waals surface area contributed by atoms with Crippen LogP contribution in [-0.4, -0.2) is 7.05 Å². The van der Waals surface area contributed by atoms with Crippen LogP contribution >= 0.6 is 0 Å². The molecule has 1 unspecified atom stereocenters. The Morgan fingerprint density at radius 3 is 2.53 bits per heavy atom. The van der Waals surface area contributed by atoms with Crippen LogP contribution < -0.4 is 5.32 Å². The lowest BCUT2D eigenvalue weighted by atomic mass is 9.76. The molecule has 1 aromatic rings. The van der Waals surface area contributed by atoms with Gasteiger partial charge in [-0.15, -0.1) is 0 Å². The predicted octanol–water partition coefficient (Wildman–Crippen LogP) is 3.36. The maximum atomic E-state index is 3.49. The maximum Gasteiger partial charge on any atom is 0.0348 e. The van der Waals surface area contributed by atoms with Crippen LogP contribution in [0.2, 0.25) is 0 Å². The average Bonchev–Trinajstić information content (AvgIpc) is 2.15. The number of aryl methyl sites for hydroxylation is 2. The Labute approximate surface area is 92.9 Å². The zero-order chi connectivity index (χ0) is 10.8. The molecule has 1 aliphatic rings. The van der Waals surface area contributed by atoms with Crippen LogP contribution in [0.1, 0.15) is 42.0 Å². The third-order valence-corrected chi connectivity index (χ3v) is 3.70. The summed E-state index contributed by atoms with van der Waals surface area (Å²) in [7, 11) is 2.09. The van der Waals surface area contributed by atoms with Crippen molar-refractivity contribution in [2.24, 2.45) is 5.92 Å². The van der Waals surface area contributed by atoms with E-state index in [0.29, 0.717) is 6.04 Å². The first-order valence-corrected chi connectivity index (χ1v) is 5.97. The summed E-state index contributed by atoms with van der Waals surface area (Å²) in [5.74, 6) is 0.857. The Morgan fingerprint density at radius 1 is 1.27 bits per heavy atom. The Balaban J connectivity index is 2.28. The number of benzene rings is 1. The fourth-order valence-corrected chi connectivity index (χ4v) is 2.51. The first-order chi connectivity index (χ1) is 7.22. The summed E-state index contributed by atoms with van der Waals surface area (Å²) in [6.45, 7) is 4.40. The van der Waals surface area contributed by atoms with Crippen molar-refractivity contribution in [2.75, 3.05) is 7.05 Å². The van der Waals surface area contributed by atoms with E-state index in [1.54, 1.807) is 0 Å². The van der Waals surface area contributed by atoms with E-state index in [2.05, 4.69) is 44.4 Å². The molecule has 0 heterocycles.